The minimum absolute atomic E-state index is 0.123. The normalized spacial score (nSPS) is 12.7. The largest absolute Gasteiger partial charge is 0.342 e. The van der Waals surface area contributed by atoms with Crippen molar-refractivity contribution in [2.24, 2.45) is 0 Å². The van der Waals surface area contributed by atoms with Gasteiger partial charge >= 0.3 is 0 Å². The second kappa shape index (κ2) is 5.53. The molecule has 1 amide bonds. The molecule has 0 aromatic rings. The molecule has 0 spiro atoms. The fourth-order valence-electron chi connectivity index (χ4n) is 0.344. The highest BCUT2D eigenvalue weighted by atomic mass is 16.6. The number of rotatable bonds is 5. The minimum Gasteiger partial charge on any atom is -0.342 e. The Bertz CT molecular complexity index is 77.4. The molecule has 9 heavy (non-hydrogen) atoms. The molecule has 4 heteroatoms. The van der Waals surface area contributed by atoms with Gasteiger partial charge in [-0.3, -0.25) is 4.79 Å². The number of carbonyl (C=O) groups excluding carboxylic acids is 1. The molecule has 0 bridgehead atoms. The second-order valence-corrected chi connectivity index (χ2v) is 1.56. The molecule has 0 saturated heterocycles. The van der Waals surface area contributed by atoms with E-state index >= 15 is 0 Å². The van der Waals surface area contributed by atoms with E-state index in [2.05, 4.69) is 10.8 Å². The minimum atomic E-state index is -0.123. The lowest BCUT2D eigenvalue weighted by Crippen LogP contribution is -2.38. The van der Waals surface area contributed by atoms with E-state index in [1.165, 1.54) is 0 Å². The van der Waals surface area contributed by atoms with Crippen LogP contribution < -0.4 is 10.8 Å². The second-order valence-electron chi connectivity index (χ2n) is 1.56. The molecule has 1 unspecified atom stereocenters. The Kier molecular flexibility index (Phi) is 5.15. The van der Waals surface area contributed by atoms with Gasteiger partial charge < -0.3 is 10.2 Å². The van der Waals surface area contributed by atoms with Gasteiger partial charge in [-0.1, -0.05) is 0 Å². The maximum Gasteiger partial charge on any atom is 0.208 e. The van der Waals surface area contributed by atoms with Crippen molar-refractivity contribution in [1.82, 2.24) is 10.8 Å². The summed E-state index contributed by atoms with van der Waals surface area (Å²) < 4.78 is 0. The summed E-state index contributed by atoms with van der Waals surface area (Å²) in [6.45, 7) is 4.23. The molecule has 0 fully saturated rings. The molecule has 0 radical (unpaired) electrons. The molecular weight excluding hydrogens is 120 g/mol. The average Bonchev–Trinajstić information content (AvgIpc) is 1.85. The van der Waals surface area contributed by atoms with Crippen molar-refractivity contribution < 1.29 is 9.63 Å². The van der Waals surface area contributed by atoms with E-state index in [-0.39, 0.29) is 6.17 Å². The topological polar surface area (TPSA) is 50.4 Å². The first-order valence-electron chi connectivity index (χ1n) is 2.88. The quantitative estimate of drug-likeness (QED) is 0.304. The zero-order valence-corrected chi connectivity index (χ0v) is 5.68. The van der Waals surface area contributed by atoms with Crippen molar-refractivity contribution in [3.63, 3.8) is 0 Å². The Hall–Kier alpha value is -0.610. The predicted octanol–water partition coefficient (Wildman–Crippen LogP) is -0.381. The molecule has 0 aromatic heterocycles. The molecule has 0 saturated carbocycles. The van der Waals surface area contributed by atoms with Crippen LogP contribution >= 0.6 is 0 Å². The summed E-state index contributed by atoms with van der Waals surface area (Å²) in [6, 6.07) is 0. The van der Waals surface area contributed by atoms with Crippen LogP contribution in [-0.2, 0) is 9.63 Å². The number of carbonyl (C=O) groups is 1. The summed E-state index contributed by atoms with van der Waals surface area (Å²) >= 11 is 0. The third-order valence-corrected chi connectivity index (χ3v) is 0.722. The Morgan fingerprint density at radius 2 is 2.44 bits per heavy atom. The fourth-order valence-corrected chi connectivity index (χ4v) is 0.344. The van der Waals surface area contributed by atoms with Crippen LogP contribution in [0.2, 0.25) is 0 Å². The van der Waals surface area contributed by atoms with E-state index in [1.54, 1.807) is 6.92 Å². The third-order valence-electron chi connectivity index (χ3n) is 0.722. The standard InChI is InChI=1S/C5H12N2O2/c1-3-9-7-5(2)6-4-8/h4-5,7H,3H2,1-2H3,(H,6,8). The van der Waals surface area contributed by atoms with Crippen LogP contribution in [0.5, 0.6) is 0 Å². The molecule has 0 aliphatic heterocycles. The van der Waals surface area contributed by atoms with Crippen molar-refractivity contribution in [2.45, 2.75) is 20.0 Å². The Morgan fingerprint density at radius 1 is 1.78 bits per heavy atom. The van der Waals surface area contributed by atoms with Gasteiger partial charge in [0.1, 0.15) is 0 Å². The van der Waals surface area contributed by atoms with Gasteiger partial charge in [-0.05, 0) is 13.8 Å². The van der Waals surface area contributed by atoms with Gasteiger partial charge in [0.25, 0.3) is 0 Å². The maximum atomic E-state index is 9.77. The molecule has 0 aliphatic rings. The van der Waals surface area contributed by atoms with Crippen LogP contribution in [0, 0.1) is 0 Å². The van der Waals surface area contributed by atoms with Crippen molar-refractivity contribution >= 4 is 6.41 Å². The Morgan fingerprint density at radius 3 is 2.89 bits per heavy atom. The number of hydrogen-bond acceptors (Lipinski definition) is 3. The lowest BCUT2D eigenvalue weighted by molar-refractivity contribution is -0.111. The smallest absolute Gasteiger partial charge is 0.208 e. The fraction of sp³-hybridized carbons (Fsp3) is 0.800. The number of nitrogens with one attached hydrogen (secondary N) is 2. The number of amides is 1. The van der Waals surface area contributed by atoms with Gasteiger partial charge in [-0.2, -0.15) is 5.48 Å². The SMILES string of the molecule is CCONC(C)NC=O. The van der Waals surface area contributed by atoms with Crippen molar-refractivity contribution in [2.75, 3.05) is 6.61 Å². The van der Waals surface area contributed by atoms with Gasteiger partial charge in [-0.15, -0.1) is 0 Å². The van der Waals surface area contributed by atoms with Crippen molar-refractivity contribution in [3.8, 4) is 0 Å². The van der Waals surface area contributed by atoms with E-state index < -0.39 is 0 Å². The lowest BCUT2D eigenvalue weighted by Gasteiger charge is -2.10. The summed E-state index contributed by atoms with van der Waals surface area (Å²) in [7, 11) is 0. The highest BCUT2D eigenvalue weighted by molar-refractivity contribution is 5.46. The summed E-state index contributed by atoms with van der Waals surface area (Å²) in [6.07, 6.45) is 0.499. The van der Waals surface area contributed by atoms with Crippen LogP contribution in [0.1, 0.15) is 13.8 Å². The summed E-state index contributed by atoms with van der Waals surface area (Å²) in [5.41, 5.74) is 2.59. The number of hydroxylamine groups is 1. The first-order chi connectivity index (χ1) is 4.31. The molecule has 0 aromatic carbocycles. The van der Waals surface area contributed by atoms with Crippen LogP contribution in [0.25, 0.3) is 0 Å². The van der Waals surface area contributed by atoms with E-state index in [9.17, 15) is 4.79 Å². The highest BCUT2D eigenvalue weighted by Crippen LogP contribution is 1.71. The van der Waals surface area contributed by atoms with Crippen LogP contribution in [-0.4, -0.2) is 19.2 Å². The highest BCUT2D eigenvalue weighted by Gasteiger charge is 1.93. The first kappa shape index (κ1) is 8.39. The summed E-state index contributed by atoms with van der Waals surface area (Å²) in [5, 5.41) is 2.46. The molecule has 2 N–H and O–H groups in total. The molecule has 0 aliphatic carbocycles. The predicted molar refractivity (Wildman–Crippen MR) is 33.4 cm³/mol. The monoisotopic (exact) mass is 132 g/mol. The van der Waals surface area contributed by atoms with Gasteiger partial charge in [0.15, 0.2) is 0 Å². The Balaban J connectivity index is 3.04. The van der Waals surface area contributed by atoms with E-state index in [0.717, 1.165) is 0 Å². The first-order valence-corrected chi connectivity index (χ1v) is 2.88. The van der Waals surface area contributed by atoms with E-state index in [4.69, 9.17) is 4.84 Å². The van der Waals surface area contributed by atoms with Gasteiger partial charge in [0, 0.05) is 0 Å². The van der Waals surface area contributed by atoms with Crippen LogP contribution in [0.15, 0.2) is 0 Å². The average molecular weight is 132 g/mol. The maximum absolute atomic E-state index is 9.77. The molecule has 0 rings (SSSR count). The zero-order chi connectivity index (χ0) is 7.11. The van der Waals surface area contributed by atoms with E-state index in [1.807, 2.05) is 6.92 Å². The lowest BCUT2D eigenvalue weighted by atomic mass is 10.6. The molecular formula is C5H12N2O2. The molecule has 54 valence electrons. The van der Waals surface area contributed by atoms with Crippen LogP contribution in [0.3, 0.4) is 0 Å². The van der Waals surface area contributed by atoms with E-state index in [0.29, 0.717) is 13.0 Å². The number of hydrogen-bond donors (Lipinski definition) is 2. The summed E-state index contributed by atoms with van der Waals surface area (Å²) in [5.74, 6) is 0. The van der Waals surface area contributed by atoms with Crippen molar-refractivity contribution in [1.29, 1.82) is 0 Å². The van der Waals surface area contributed by atoms with Gasteiger partial charge in [0.05, 0.1) is 12.8 Å². The Labute approximate surface area is 54.5 Å². The molecule has 4 nitrogen and oxygen atoms in total. The molecule has 0 heterocycles. The summed E-state index contributed by atoms with van der Waals surface area (Å²) in [4.78, 5) is 14.5. The molecule has 1 atom stereocenters. The zero-order valence-electron chi connectivity index (χ0n) is 5.68. The third kappa shape index (κ3) is 5.26. The van der Waals surface area contributed by atoms with Crippen LogP contribution in [0.4, 0.5) is 0 Å². The van der Waals surface area contributed by atoms with Crippen molar-refractivity contribution in [3.05, 3.63) is 0 Å². The van der Waals surface area contributed by atoms with Gasteiger partial charge in [-0.25, -0.2) is 0 Å². The van der Waals surface area contributed by atoms with Gasteiger partial charge in [0.2, 0.25) is 6.41 Å².